The summed E-state index contributed by atoms with van der Waals surface area (Å²) in [6.45, 7) is 1.99. The number of hydrogen-bond donors (Lipinski definition) is 2. The molecule has 1 heterocycles. The lowest BCUT2D eigenvalue weighted by molar-refractivity contribution is -0.117. The SMILES string of the molecule is Cc1ccc(C(=O)Nc2nc3c(s2)CCCC3C(=O)Nc2cccc3ccccc23)cc1. The van der Waals surface area contributed by atoms with Crippen LogP contribution in [0.3, 0.4) is 0 Å². The van der Waals surface area contributed by atoms with Gasteiger partial charge in [-0.3, -0.25) is 14.9 Å². The Hall–Kier alpha value is -3.51. The number of thiazole rings is 1. The van der Waals surface area contributed by atoms with Crippen molar-refractivity contribution in [2.24, 2.45) is 0 Å². The predicted octanol–water partition coefficient (Wildman–Crippen LogP) is 5.92. The van der Waals surface area contributed by atoms with Gasteiger partial charge in [0.15, 0.2) is 5.13 Å². The van der Waals surface area contributed by atoms with Crippen molar-refractivity contribution >= 4 is 44.7 Å². The molecule has 32 heavy (non-hydrogen) atoms. The lowest BCUT2D eigenvalue weighted by atomic mass is 9.90. The summed E-state index contributed by atoms with van der Waals surface area (Å²) in [6.07, 6.45) is 2.55. The maximum Gasteiger partial charge on any atom is 0.257 e. The monoisotopic (exact) mass is 441 g/mol. The molecular weight excluding hydrogens is 418 g/mol. The average molecular weight is 442 g/mol. The molecule has 0 saturated carbocycles. The molecule has 5 rings (SSSR count). The summed E-state index contributed by atoms with van der Waals surface area (Å²) in [7, 11) is 0. The number of nitrogens with zero attached hydrogens (tertiary/aromatic N) is 1. The molecule has 0 bridgehead atoms. The van der Waals surface area contributed by atoms with Crippen molar-refractivity contribution in [3.05, 3.63) is 88.4 Å². The van der Waals surface area contributed by atoms with Crippen molar-refractivity contribution in [2.75, 3.05) is 10.6 Å². The minimum absolute atomic E-state index is 0.0518. The molecule has 1 aliphatic carbocycles. The molecule has 6 heteroatoms. The molecule has 1 unspecified atom stereocenters. The molecule has 0 radical (unpaired) electrons. The van der Waals surface area contributed by atoms with E-state index in [1.165, 1.54) is 11.3 Å². The molecule has 0 spiro atoms. The second kappa shape index (κ2) is 8.55. The summed E-state index contributed by atoms with van der Waals surface area (Å²) >= 11 is 1.47. The van der Waals surface area contributed by atoms with Crippen molar-refractivity contribution in [1.29, 1.82) is 0 Å². The van der Waals surface area contributed by atoms with Crippen LogP contribution in [0, 0.1) is 6.92 Å². The Labute approximate surface area is 190 Å². The molecule has 0 aliphatic heterocycles. The second-order valence-corrected chi connectivity index (χ2v) is 9.19. The van der Waals surface area contributed by atoms with Gasteiger partial charge in [0, 0.05) is 21.5 Å². The van der Waals surface area contributed by atoms with Gasteiger partial charge < -0.3 is 5.32 Å². The Morgan fingerprint density at radius 1 is 0.969 bits per heavy atom. The summed E-state index contributed by atoms with van der Waals surface area (Å²) in [6, 6.07) is 21.4. The number of rotatable bonds is 4. The summed E-state index contributed by atoms with van der Waals surface area (Å²) in [5.41, 5.74) is 3.29. The third kappa shape index (κ3) is 4.01. The Kier molecular flexibility index (Phi) is 5.45. The lowest BCUT2D eigenvalue weighted by Crippen LogP contribution is -2.24. The van der Waals surface area contributed by atoms with E-state index in [1.54, 1.807) is 12.1 Å². The number of anilines is 2. The van der Waals surface area contributed by atoms with Gasteiger partial charge in [0.05, 0.1) is 11.6 Å². The zero-order valence-corrected chi connectivity index (χ0v) is 18.5. The van der Waals surface area contributed by atoms with Crippen LogP contribution in [0.1, 0.15) is 45.3 Å². The quantitative estimate of drug-likeness (QED) is 0.413. The van der Waals surface area contributed by atoms with Crippen molar-refractivity contribution < 1.29 is 9.59 Å². The van der Waals surface area contributed by atoms with Gasteiger partial charge in [-0.15, -0.1) is 11.3 Å². The molecule has 3 aromatic carbocycles. The first kappa shape index (κ1) is 20.4. The molecule has 1 aliphatic rings. The number of carbonyl (C=O) groups excluding carboxylic acids is 2. The Balaban J connectivity index is 1.36. The lowest BCUT2D eigenvalue weighted by Gasteiger charge is -2.20. The number of amides is 2. The molecule has 0 fully saturated rings. The van der Waals surface area contributed by atoms with Crippen LogP contribution in [0.5, 0.6) is 0 Å². The maximum absolute atomic E-state index is 13.2. The van der Waals surface area contributed by atoms with E-state index in [0.29, 0.717) is 10.7 Å². The van der Waals surface area contributed by atoms with Gasteiger partial charge in [0.2, 0.25) is 5.91 Å². The molecule has 1 aromatic heterocycles. The zero-order chi connectivity index (χ0) is 22.1. The van der Waals surface area contributed by atoms with Gasteiger partial charge in [-0.05, 0) is 49.8 Å². The Morgan fingerprint density at radius 2 is 1.75 bits per heavy atom. The molecular formula is C26H23N3O2S. The van der Waals surface area contributed by atoms with Gasteiger partial charge in [-0.25, -0.2) is 4.98 Å². The zero-order valence-electron chi connectivity index (χ0n) is 17.7. The Morgan fingerprint density at radius 3 is 2.59 bits per heavy atom. The summed E-state index contributed by atoms with van der Waals surface area (Å²) in [5.74, 6) is -0.559. The number of carbonyl (C=O) groups is 2. The van der Waals surface area contributed by atoms with Crippen molar-refractivity contribution in [3.8, 4) is 0 Å². The number of benzene rings is 3. The molecule has 2 N–H and O–H groups in total. The van der Waals surface area contributed by atoms with Crippen LogP contribution < -0.4 is 10.6 Å². The smallest absolute Gasteiger partial charge is 0.257 e. The number of fused-ring (bicyclic) bond motifs is 2. The standard InChI is InChI=1S/C26H23N3O2S/c1-16-12-14-18(15-13-16)24(30)29-26-28-23-20(9-5-11-22(23)32-26)25(31)27-21-10-4-7-17-6-2-3-8-19(17)21/h2-4,6-8,10,12-15,20H,5,9,11H2,1H3,(H,27,31)(H,28,29,30). The van der Waals surface area contributed by atoms with E-state index in [1.807, 2.05) is 61.5 Å². The van der Waals surface area contributed by atoms with Crippen LogP contribution >= 0.6 is 11.3 Å². The fourth-order valence-corrected chi connectivity index (χ4v) is 5.22. The number of aromatic nitrogens is 1. The highest BCUT2D eigenvalue weighted by Gasteiger charge is 2.31. The highest BCUT2D eigenvalue weighted by atomic mass is 32.1. The first-order valence-electron chi connectivity index (χ1n) is 10.7. The van der Waals surface area contributed by atoms with E-state index in [2.05, 4.69) is 15.6 Å². The second-order valence-electron chi connectivity index (χ2n) is 8.11. The Bertz CT molecular complexity index is 1310. The summed E-state index contributed by atoms with van der Waals surface area (Å²) in [5, 5.41) is 8.67. The van der Waals surface area contributed by atoms with Crippen LogP contribution in [-0.2, 0) is 11.2 Å². The highest BCUT2D eigenvalue weighted by Crippen LogP contribution is 2.38. The molecule has 160 valence electrons. The number of hydrogen-bond acceptors (Lipinski definition) is 4. The minimum Gasteiger partial charge on any atom is -0.325 e. The van der Waals surface area contributed by atoms with Gasteiger partial charge in [-0.2, -0.15) is 0 Å². The van der Waals surface area contributed by atoms with E-state index >= 15 is 0 Å². The third-order valence-electron chi connectivity index (χ3n) is 5.85. The predicted molar refractivity (Wildman–Crippen MR) is 130 cm³/mol. The largest absolute Gasteiger partial charge is 0.325 e. The highest BCUT2D eigenvalue weighted by molar-refractivity contribution is 7.16. The first-order valence-corrected chi connectivity index (χ1v) is 11.6. The van der Waals surface area contributed by atoms with E-state index in [0.717, 1.165) is 51.9 Å². The van der Waals surface area contributed by atoms with Crippen LogP contribution in [0.15, 0.2) is 66.7 Å². The van der Waals surface area contributed by atoms with Crippen LogP contribution in [-0.4, -0.2) is 16.8 Å². The van der Waals surface area contributed by atoms with E-state index in [4.69, 9.17) is 0 Å². The molecule has 5 nitrogen and oxygen atoms in total. The van der Waals surface area contributed by atoms with Gasteiger partial charge in [-0.1, -0.05) is 54.1 Å². The number of aryl methyl sites for hydroxylation is 2. The summed E-state index contributed by atoms with van der Waals surface area (Å²) < 4.78 is 0. The molecule has 4 aromatic rings. The number of nitrogens with one attached hydrogen (secondary N) is 2. The van der Waals surface area contributed by atoms with Crippen LogP contribution in [0.4, 0.5) is 10.8 Å². The van der Waals surface area contributed by atoms with Crippen molar-refractivity contribution in [3.63, 3.8) is 0 Å². The minimum atomic E-state index is -0.320. The van der Waals surface area contributed by atoms with Gasteiger partial charge in [0.25, 0.3) is 5.91 Å². The van der Waals surface area contributed by atoms with E-state index in [9.17, 15) is 9.59 Å². The fraction of sp³-hybridized carbons (Fsp3) is 0.192. The third-order valence-corrected chi connectivity index (χ3v) is 6.90. The molecule has 1 atom stereocenters. The van der Waals surface area contributed by atoms with Crippen molar-refractivity contribution in [2.45, 2.75) is 32.1 Å². The van der Waals surface area contributed by atoms with Gasteiger partial charge >= 0.3 is 0 Å². The van der Waals surface area contributed by atoms with E-state index < -0.39 is 0 Å². The summed E-state index contributed by atoms with van der Waals surface area (Å²) in [4.78, 5) is 31.6. The van der Waals surface area contributed by atoms with Gasteiger partial charge in [0.1, 0.15) is 0 Å². The molecule has 2 amide bonds. The average Bonchev–Trinajstić information content (AvgIpc) is 3.22. The molecule has 0 saturated heterocycles. The van der Waals surface area contributed by atoms with E-state index in [-0.39, 0.29) is 17.7 Å². The fourth-order valence-electron chi connectivity index (χ4n) is 4.16. The first-order chi connectivity index (χ1) is 15.6. The van der Waals surface area contributed by atoms with Crippen LogP contribution in [0.2, 0.25) is 0 Å². The topological polar surface area (TPSA) is 71.1 Å². The van der Waals surface area contributed by atoms with Crippen LogP contribution in [0.25, 0.3) is 10.8 Å². The normalized spacial score (nSPS) is 15.2. The van der Waals surface area contributed by atoms with Crippen molar-refractivity contribution in [1.82, 2.24) is 4.98 Å². The maximum atomic E-state index is 13.2.